The number of urea groups is 1. The van der Waals surface area contributed by atoms with Crippen LogP contribution in [0.5, 0.6) is 5.75 Å². The first-order valence-corrected chi connectivity index (χ1v) is 10.2. The van der Waals surface area contributed by atoms with E-state index in [1.54, 1.807) is 13.1 Å². The van der Waals surface area contributed by atoms with E-state index in [0.717, 1.165) is 6.07 Å². The molecule has 9 nitrogen and oxygen atoms in total. The van der Waals surface area contributed by atoms with Gasteiger partial charge in [0.05, 0.1) is 28.5 Å². The van der Waals surface area contributed by atoms with Crippen molar-refractivity contribution in [3.63, 3.8) is 0 Å². The number of amides is 3. The highest BCUT2D eigenvalue weighted by atomic mass is 35.5. The molecule has 0 bridgehead atoms. The Morgan fingerprint density at radius 3 is 2.65 bits per heavy atom. The van der Waals surface area contributed by atoms with E-state index in [1.165, 1.54) is 42.3 Å². The minimum atomic E-state index is -2.71. The van der Waals surface area contributed by atoms with E-state index in [9.17, 15) is 22.8 Å². The Bertz CT molecular complexity index is 1190. The number of alkyl halides is 2. The van der Waals surface area contributed by atoms with E-state index in [0.29, 0.717) is 0 Å². The van der Waals surface area contributed by atoms with Crippen molar-refractivity contribution in [2.75, 3.05) is 6.61 Å². The number of pyridine rings is 1. The number of hydrazine groups is 1. The Labute approximate surface area is 197 Å². The Balaban J connectivity index is 1.67. The van der Waals surface area contributed by atoms with Crippen molar-refractivity contribution >= 4 is 23.5 Å². The molecule has 180 valence electrons. The number of carbonyl (C=O) groups excluding carboxylic acids is 2. The lowest BCUT2D eigenvalue weighted by Gasteiger charge is -2.17. The van der Waals surface area contributed by atoms with E-state index < -0.39 is 36.8 Å². The fourth-order valence-corrected chi connectivity index (χ4v) is 3.20. The highest BCUT2D eigenvalue weighted by Crippen LogP contribution is 2.37. The Morgan fingerprint density at radius 1 is 1.24 bits per heavy atom. The van der Waals surface area contributed by atoms with Crippen LogP contribution in [0.15, 0.2) is 42.9 Å². The quantitative estimate of drug-likeness (QED) is 0.433. The third-order valence-electron chi connectivity index (χ3n) is 4.52. The number of hydrogen-bond donors (Lipinski definition) is 3. The van der Waals surface area contributed by atoms with Gasteiger partial charge in [-0.2, -0.15) is 5.10 Å². The minimum absolute atomic E-state index is 0.0201. The van der Waals surface area contributed by atoms with Crippen LogP contribution in [-0.2, 0) is 7.05 Å². The van der Waals surface area contributed by atoms with Gasteiger partial charge in [-0.25, -0.2) is 23.4 Å². The molecule has 0 aliphatic rings. The third-order valence-corrected chi connectivity index (χ3v) is 4.81. The van der Waals surface area contributed by atoms with Crippen molar-refractivity contribution in [3.8, 4) is 16.9 Å². The molecule has 2 aromatic heterocycles. The molecule has 3 amide bonds. The molecule has 0 saturated carbocycles. The molecule has 1 atom stereocenters. The number of hydrogen-bond acceptors (Lipinski definition) is 5. The summed E-state index contributed by atoms with van der Waals surface area (Å²) in [4.78, 5) is 28.1. The van der Waals surface area contributed by atoms with Crippen LogP contribution in [0, 0.1) is 5.82 Å². The second-order valence-electron chi connectivity index (χ2n) is 7.09. The average Bonchev–Trinajstić information content (AvgIpc) is 3.22. The van der Waals surface area contributed by atoms with Crippen LogP contribution in [0.3, 0.4) is 0 Å². The fourth-order valence-electron chi connectivity index (χ4n) is 2.97. The topological polar surface area (TPSA) is 110 Å². The summed E-state index contributed by atoms with van der Waals surface area (Å²) < 4.78 is 46.5. The zero-order chi connectivity index (χ0) is 24.8. The van der Waals surface area contributed by atoms with Crippen molar-refractivity contribution in [1.29, 1.82) is 0 Å². The summed E-state index contributed by atoms with van der Waals surface area (Å²) in [5.41, 5.74) is 5.02. The molecule has 3 aromatic rings. The normalized spacial score (nSPS) is 11.7. The van der Waals surface area contributed by atoms with Gasteiger partial charge in [0, 0.05) is 30.6 Å². The maximum Gasteiger partial charge on any atom is 0.334 e. The van der Waals surface area contributed by atoms with Gasteiger partial charge in [-0.3, -0.25) is 19.9 Å². The first-order valence-electron chi connectivity index (χ1n) is 9.86. The first kappa shape index (κ1) is 24.8. The summed E-state index contributed by atoms with van der Waals surface area (Å²) in [6.07, 6.45) is 1.37. The first-order chi connectivity index (χ1) is 16.2. The zero-order valence-corrected chi connectivity index (χ0v) is 18.7. The van der Waals surface area contributed by atoms with Crippen molar-refractivity contribution < 1.29 is 27.5 Å². The monoisotopic (exact) mass is 496 g/mol. The van der Waals surface area contributed by atoms with Crippen molar-refractivity contribution in [1.82, 2.24) is 30.9 Å². The van der Waals surface area contributed by atoms with Gasteiger partial charge < -0.3 is 10.1 Å². The second kappa shape index (κ2) is 10.9. The van der Waals surface area contributed by atoms with Crippen molar-refractivity contribution in [3.05, 3.63) is 65.0 Å². The maximum atomic E-state index is 14.8. The van der Waals surface area contributed by atoms with Gasteiger partial charge in [-0.15, -0.1) is 0 Å². The van der Waals surface area contributed by atoms with Gasteiger partial charge in [0.1, 0.15) is 18.2 Å². The number of ether oxygens (including phenoxy) is 1. The van der Waals surface area contributed by atoms with Crippen LogP contribution in [0.4, 0.5) is 18.0 Å². The van der Waals surface area contributed by atoms with E-state index >= 15 is 0 Å². The Hall–Kier alpha value is -3.80. The van der Waals surface area contributed by atoms with Crippen LogP contribution in [0.1, 0.15) is 29.0 Å². The van der Waals surface area contributed by atoms with Gasteiger partial charge in [-0.1, -0.05) is 23.7 Å². The number of benzene rings is 1. The van der Waals surface area contributed by atoms with E-state index in [2.05, 4.69) is 26.3 Å². The molecule has 3 rings (SSSR count). The Morgan fingerprint density at radius 2 is 2.00 bits per heavy atom. The smallest absolute Gasteiger partial charge is 0.334 e. The summed E-state index contributed by atoms with van der Waals surface area (Å²) >= 11 is 6.06. The Kier molecular flexibility index (Phi) is 7.95. The van der Waals surface area contributed by atoms with E-state index in [1.807, 2.05) is 0 Å². The summed E-state index contributed by atoms with van der Waals surface area (Å²) in [5, 5.41) is 6.38. The molecular weight excluding hydrogens is 477 g/mol. The summed E-state index contributed by atoms with van der Waals surface area (Å²) in [6.45, 7) is 0.613. The lowest BCUT2D eigenvalue weighted by Crippen LogP contribution is -2.47. The van der Waals surface area contributed by atoms with Gasteiger partial charge in [0.25, 0.3) is 12.3 Å². The largest absolute Gasteiger partial charge is 0.485 e. The zero-order valence-electron chi connectivity index (χ0n) is 18.0. The number of para-hydroxylation sites is 1. The molecule has 0 spiro atoms. The third kappa shape index (κ3) is 6.16. The van der Waals surface area contributed by atoms with Gasteiger partial charge in [-0.05, 0) is 19.1 Å². The number of aromatic nitrogens is 3. The molecule has 0 saturated heterocycles. The SMILES string of the molecule is CC(NC(=O)NNC(=O)c1cnn(C)c1)c1ncc(-c2cccc(Cl)c2OCC(F)F)cc1F. The number of halogens is 4. The van der Waals surface area contributed by atoms with Gasteiger partial charge >= 0.3 is 6.03 Å². The molecule has 1 unspecified atom stereocenters. The molecule has 1 aromatic carbocycles. The maximum absolute atomic E-state index is 14.8. The highest BCUT2D eigenvalue weighted by molar-refractivity contribution is 6.32. The predicted octanol–water partition coefficient (Wildman–Crippen LogP) is 3.62. The van der Waals surface area contributed by atoms with Crippen LogP contribution < -0.4 is 20.9 Å². The summed E-state index contributed by atoms with van der Waals surface area (Å²) in [5.74, 6) is -1.37. The molecule has 2 heterocycles. The molecule has 0 fully saturated rings. The number of nitrogens with zero attached hydrogens (tertiary/aromatic N) is 3. The van der Waals surface area contributed by atoms with Crippen LogP contribution in [-0.4, -0.2) is 39.7 Å². The van der Waals surface area contributed by atoms with Crippen LogP contribution >= 0.6 is 11.6 Å². The molecule has 0 aliphatic heterocycles. The molecular formula is C21H20ClF3N6O3. The van der Waals surface area contributed by atoms with Crippen molar-refractivity contribution in [2.45, 2.75) is 19.4 Å². The molecule has 13 heteroatoms. The molecule has 34 heavy (non-hydrogen) atoms. The standard InChI is InChI=1S/C21H20ClF3N6O3/c1-11(28-21(33)30-29-20(32)13-8-27-31(2)9-13)18-16(23)6-12(7-26-18)14-4-3-5-15(22)19(14)34-10-17(24)25/h3-9,11,17H,10H2,1-2H3,(H,29,32)(H2,28,30,33). The number of aryl methyl sites for hydroxylation is 1. The van der Waals surface area contributed by atoms with Crippen molar-refractivity contribution in [2.24, 2.45) is 7.05 Å². The summed E-state index contributed by atoms with van der Waals surface area (Å²) in [7, 11) is 1.63. The molecule has 0 aliphatic carbocycles. The summed E-state index contributed by atoms with van der Waals surface area (Å²) in [6, 6.07) is 4.01. The number of rotatable bonds is 7. The minimum Gasteiger partial charge on any atom is -0.485 e. The van der Waals surface area contributed by atoms with Gasteiger partial charge in [0.15, 0.2) is 0 Å². The van der Waals surface area contributed by atoms with Crippen LogP contribution in [0.2, 0.25) is 5.02 Å². The lowest BCUT2D eigenvalue weighted by molar-refractivity contribution is 0.0822. The second-order valence-corrected chi connectivity index (χ2v) is 7.49. The van der Waals surface area contributed by atoms with Crippen LogP contribution in [0.25, 0.3) is 11.1 Å². The average molecular weight is 497 g/mol. The number of carbonyl (C=O) groups is 2. The molecule has 3 N–H and O–H groups in total. The number of nitrogens with one attached hydrogen (secondary N) is 3. The fraction of sp³-hybridized carbons (Fsp3) is 0.238. The van der Waals surface area contributed by atoms with E-state index in [-0.39, 0.29) is 33.2 Å². The van der Waals surface area contributed by atoms with E-state index in [4.69, 9.17) is 16.3 Å². The lowest BCUT2D eigenvalue weighted by atomic mass is 10.0. The highest BCUT2D eigenvalue weighted by Gasteiger charge is 2.19. The predicted molar refractivity (Wildman–Crippen MR) is 117 cm³/mol. The van der Waals surface area contributed by atoms with Gasteiger partial charge in [0.2, 0.25) is 0 Å². The molecule has 0 radical (unpaired) electrons.